The normalized spacial score (nSPS) is 16.8. The number of hydrogen-bond donors (Lipinski definition) is 1. The van der Waals surface area contributed by atoms with Gasteiger partial charge in [0.05, 0.1) is 16.6 Å². The molecule has 154 valence electrons. The quantitative estimate of drug-likeness (QED) is 0.668. The maximum atomic E-state index is 13.3. The molecule has 1 N–H and O–H groups in total. The van der Waals surface area contributed by atoms with Crippen LogP contribution in [0.25, 0.3) is 10.2 Å². The summed E-state index contributed by atoms with van der Waals surface area (Å²) in [6.07, 6.45) is 4.27. The average molecular weight is 434 g/mol. The Kier molecular flexibility index (Phi) is 4.82. The van der Waals surface area contributed by atoms with E-state index in [1.54, 1.807) is 25.3 Å². The van der Waals surface area contributed by atoms with Crippen molar-refractivity contribution < 1.29 is 4.79 Å². The van der Waals surface area contributed by atoms with Crippen molar-refractivity contribution in [3.8, 4) is 0 Å². The molecule has 0 radical (unpaired) electrons. The first-order valence-corrected chi connectivity index (χ1v) is 10.8. The highest BCUT2D eigenvalue weighted by molar-refractivity contribution is 7.18. The van der Waals surface area contributed by atoms with Crippen molar-refractivity contribution >= 4 is 39.1 Å². The number of rotatable bonds is 2. The third-order valence-electron chi connectivity index (χ3n) is 5.80. The molecule has 3 heterocycles. The van der Waals surface area contributed by atoms with Crippen LogP contribution < -0.4 is 11.0 Å². The number of aromatic nitrogens is 4. The molecule has 4 rings (SSSR count). The summed E-state index contributed by atoms with van der Waals surface area (Å²) in [6, 6.07) is 0. The van der Waals surface area contributed by atoms with E-state index in [0.29, 0.717) is 17.1 Å². The van der Waals surface area contributed by atoms with Gasteiger partial charge in [0.15, 0.2) is 0 Å². The first kappa shape index (κ1) is 20.1. The standard InChI is InChI=1S/C20H24ClN5O2S/c1-10-23-18-15(12-7-6-11(20(2,3)4)8-14(12)29-18)19(28)26(10)24-17(27)16-13(21)9-22-25(16)5/h9,11H,6-8H2,1-5H3,(H,24,27)/t11-/m0/s1. The predicted molar refractivity (Wildman–Crippen MR) is 115 cm³/mol. The fourth-order valence-electron chi connectivity index (χ4n) is 4.02. The molecule has 0 aromatic carbocycles. The lowest BCUT2D eigenvalue weighted by Crippen LogP contribution is -2.36. The van der Waals surface area contributed by atoms with Crippen LogP contribution in [0.5, 0.6) is 0 Å². The van der Waals surface area contributed by atoms with Gasteiger partial charge in [0, 0.05) is 11.9 Å². The van der Waals surface area contributed by atoms with Crippen LogP contribution in [0.2, 0.25) is 5.02 Å². The maximum Gasteiger partial charge on any atom is 0.290 e. The van der Waals surface area contributed by atoms with Gasteiger partial charge in [-0.2, -0.15) is 5.10 Å². The van der Waals surface area contributed by atoms with E-state index in [0.717, 1.165) is 29.7 Å². The number of nitrogens with one attached hydrogen (secondary N) is 1. The Morgan fingerprint density at radius 2 is 2.10 bits per heavy atom. The summed E-state index contributed by atoms with van der Waals surface area (Å²) in [5, 5.41) is 4.82. The van der Waals surface area contributed by atoms with E-state index in [2.05, 4.69) is 36.3 Å². The highest BCUT2D eigenvalue weighted by Crippen LogP contribution is 2.42. The molecule has 0 saturated heterocycles. The summed E-state index contributed by atoms with van der Waals surface area (Å²) in [4.78, 5) is 32.6. The van der Waals surface area contributed by atoms with Gasteiger partial charge in [-0.05, 0) is 43.1 Å². The van der Waals surface area contributed by atoms with Crippen molar-refractivity contribution in [2.45, 2.75) is 47.0 Å². The smallest absolute Gasteiger partial charge is 0.267 e. The summed E-state index contributed by atoms with van der Waals surface area (Å²) in [5.41, 5.74) is 3.91. The summed E-state index contributed by atoms with van der Waals surface area (Å²) in [6.45, 7) is 8.52. The number of halogens is 1. The summed E-state index contributed by atoms with van der Waals surface area (Å²) >= 11 is 7.67. The minimum Gasteiger partial charge on any atom is -0.267 e. The third kappa shape index (κ3) is 3.38. The Bertz CT molecular complexity index is 1160. The molecule has 29 heavy (non-hydrogen) atoms. The molecule has 0 bridgehead atoms. The lowest BCUT2D eigenvalue weighted by Gasteiger charge is -2.33. The van der Waals surface area contributed by atoms with E-state index in [1.165, 1.54) is 20.4 Å². The SMILES string of the molecule is Cc1nc2sc3c(c2c(=O)n1NC(=O)c1c(Cl)cnn1C)CC[C@H](C(C)(C)C)C3. The van der Waals surface area contributed by atoms with Crippen LogP contribution in [0.15, 0.2) is 11.0 Å². The molecular formula is C20H24ClN5O2S. The second-order valence-corrected chi connectivity index (χ2v) is 10.2. The number of carbonyl (C=O) groups is 1. The molecule has 9 heteroatoms. The first-order chi connectivity index (χ1) is 13.6. The fraction of sp³-hybridized carbons (Fsp3) is 0.500. The van der Waals surface area contributed by atoms with Crippen LogP contribution >= 0.6 is 22.9 Å². The highest BCUT2D eigenvalue weighted by Gasteiger charge is 2.32. The molecule has 0 aliphatic heterocycles. The van der Waals surface area contributed by atoms with Crippen LogP contribution in [0.4, 0.5) is 0 Å². The molecule has 3 aromatic heterocycles. The zero-order valence-corrected chi connectivity index (χ0v) is 18.7. The van der Waals surface area contributed by atoms with E-state index >= 15 is 0 Å². The van der Waals surface area contributed by atoms with Crippen LogP contribution in [0.1, 0.15) is 53.9 Å². The van der Waals surface area contributed by atoms with E-state index in [9.17, 15) is 9.59 Å². The first-order valence-electron chi connectivity index (χ1n) is 9.60. The number of aryl methyl sites for hydroxylation is 3. The van der Waals surface area contributed by atoms with Gasteiger partial charge in [0.1, 0.15) is 16.3 Å². The number of amides is 1. The van der Waals surface area contributed by atoms with Crippen molar-refractivity contribution in [2.24, 2.45) is 18.4 Å². The monoisotopic (exact) mass is 433 g/mol. The number of nitrogens with zero attached hydrogens (tertiary/aromatic N) is 4. The Morgan fingerprint density at radius 3 is 2.72 bits per heavy atom. The van der Waals surface area contributed by atoms with Gasteiger partial charge in [-0.15, -0.1) is 11.3 Å². The van der Waals surface area contributed by atoms with Crippen LogP contribution in [0.3, 0.4) is 0 Å². The average Bonchev–Trinajstić information content (AvgIpc) is 3.16. The molecule has 0 unspecified atom stereocenters. The van der Waals surface area contributed by atoms with Gasteiger partial charge in [-0.25, -0.2) is 9.66 Å². The minimum absolute atomic E-state index is 0.193. The predicted octanol–water partition coefficient (Wildman–Crippen LogP) is 3.69. The maximum absolute atomic E-state index is 13.3. The molecule has 1 aliphatic carbocycles. The molecule has 0 spiro atoms. The van der Waals surface area contributed by atoms with Crippen LogP contribution in [-0.2, 0) is 19.9 Å². The van der Waals surface area contributed by atoms with Gasteiger partial charge >= 0.3 is 0 Å². The Labute approximate surface area is 177 Å². The molecule has 1 atom stereocenters. The summed E-state index contributed by atoms with van der Waals surface area (Å²) in [5.74, 6) is 0.511. The van der Waals surface area contributed by atoms with Gasteiger partial charge in [0.2, 0.25) is 0 Å². The van der Waals surface area contributed by atoms with E-state index < -0.39 is 5.91 Å². The zero-order chi connectivity index (χ0) is 21.1. The molecule has 1 aliphatic rings. The zero-order valence-electron chi connectivity index (χ0n) is 17.2. The Balaban J connectivity index is 1.76. The van der Waals surface area contributed by atoms with E-state index in [4.69, 9.17) is 11.6 Å². The molecule has 0 fully saturated rings. The molecule has 1 amide bonds. The molecule has 0 saturated carbocycles. The van der Waals surface area contributed by atoms with E-state index in [1.807, 2.05) is 0 Å². The van der Waals surface area contributed by atoms with Crippen molar-refractivity contribution in [1.29, 1.82) is 0 Å². The topological polar surface area (TPSA) is 81.8 Å². The number of fused-ring (bicyclic) bond motifs is 3. The summed E-state index contributed by atoms with van der Waals surface area (Å²) < 4.78 is 2.60. The summed E-state index contributed by atoms with van der Waals surface area (Å²) in [7, 11) is 1.62. The lowest BCUT2D eigenvalue weighted by molar-refractivity contribution is 0.0997. The van der Waals surface area contributed by atoms with Gasteiger partial charge in [0.25, 0.3) is 11.5 Å². The number of hydrogen-bond acceptors (Lipinski definition) is 5. The second-order valence-electron chi connectivity index (χ2n) is 8.69. The third-order valence-corrected chi connectivity index (χ3v) is 7.22. The largest absolute Gasteiger partial charge is 0.290 e. The van der Waals surface area contributed by atoms with Crippen LogP contribution in [0, 0.1) is 18.3 Å². The molecular weight excluding hydrogens is 410 g/mol. The number of carbonyl (C=O) groups excluding carboxylic acids is 1. The van der Waals surface area contributed by atoms with Crippen LogP contribution in [-0.4, -0.2) is 25.3 Å². The highest BCUT2D eigenvalue weighted by atomic mass is 35.5. The van der Waals surface area contributed by atoms with E-state index in [-0.39, 0.29) is 21.7 Å². The molecule has 3 aromatic rings. The minimum atomic E-state index is -0.502. The number of thiophene rings is 1. The fourth-order valence-corrected chi connectivity index (χ4v) is 5.61. The Hall–Kier alpha value is -2.19. The van der Waals surface area contributed by atoms with Crippen molar-refractivity contribution in [3.63, 3.8) is 0 Å². The van der Waals surface area contributed by atoms with Gasteiger partial charge < -0.3 is 0 Å². The Morgan fingerprint density at radius 1 is 1.38 bits per heavy atom. The van der Waals surface area contributed by atoms with Crippen molar-refractivity contribution in [2.75, 3.05) is 5.43 Å². The van der Waals surface area contributed by atoms with Crippen molar-refractivity contribution in [1.82, 2.24) is 19.4 Å². The van der Waals surface area contributed by atoms with Gasteiger partial charge in [-0.1, -0.05) is 32.4 Å². The van der Waals surface area contributed by atoms with Crippen molar-refractivity contribution in [3.05, 3.63) is 43.5 Å². The lowest BCUT2D eigenvalue weighted by atomic mass is 9.72. The molecule has 7 nitrogen and oxygen atoms in total. The van der Waals surface area contributed by atoms with Gasteiger partial charge in [-0.3, -0.25) is 19.7 Å². The second kappa shape index (κ2) is 6.95.